The quantitative estimate of drug-likeness (QED) is 0.677. The Morgan fingerprint density at radius 1 is 1.35 bits per heavy atom. The van der Waals surface area contributed by atoms with Crippen LogP contribution in [-0.4, -0.2) is 34.0 Å². The third-order valence-electron chi connectivity index (χ3n) is 1.82. The number of hydrogen-bond donors (Lipinski definition) is 1. The van der Waals surface area contributed by atoms with Crippen LogP contribution in [0.25, 0.3) is 0 Å². The zero-order valence-electron chi connectivity index (χ0n) is 10.6. The number of ether oxygens (including phenoxy) is 1. The first-order valence-electron chi connectivity index (χ1n) is 5.36. The van der Waals surface area contributed by atoms with Gasteiger partial charge in [0, 0.05) is 10.7 Å². The van der Waals surface area contributed by atoms with Crippen molar-refractivity contribution >= 4 is 33.5 Å². The molecule has 0 spiro atoms. The first-order chi connectivity index (χ1) is 9.37. The molecule has 1 aromatic carbocycles. The van der Waals surface area contributed by atoms with Crippen molar-refractivity contribution in [2.75, 3.05) is 24.8 Å². The molecule has 0 unspecified atom stereocenters. The lowest BCUT2D eigenvalue weighted by molar-refractivity contribution is 0.176. The Morgan fingerprint density at radius 2 is 2.05 bits per heavy atom. The number of rotatable bonds is 4. The number of amides is 1. The van der Waals surface area contributed by atoms with Crippen LogP contribution < -0.4 is 5.32 Å². The van der Waals surface area contributed by atoms with Gasteiger partial charge in [-0.3, -0.25) is 9.50 Å². The van der Waals surface area contributed by atoms with Gasteiger partial charge in [-0.25, -0.2) is 4.79 Å². The SMILES string of the molecule is CS(=O)(=O)OCC#CCOC(=O)Nc1cccc(Cl)c1. The molecule has 0 saturated heterocycles. The van der Waals surface area contributed by atoms with Gasteiger partial charge in [-0.2, -0.15) is 8.42 Å². The summed E-state index contributed by atoms with van der Waals surface area (Å²) in [5, 5.41) is 2.94. The second-order valence-electron chi connectivity index (χ2n) is 3.53. The number of carbonyl (C=O) groups excluding carboxylic acids is 1. The van der Waals surface area contributed by atoms with Crippen LogP contribution in [0, 0.1) is 11.8 Å². The van der Waals surface area contributed by atoms with Crippen molar-refractivity contribution in [2.45, 2.75) is 0 Å². The lowest BCUT2D eigenvalue weighted by Crippen LogP contribution is -2.13. The van der Waals surface area contributed by atoms with E-state index in [1.54, 1.807) is 24.3 Å². The maximum absolute atomic E-state index is 11.3. The largest absolute Gasteiger partial charge is 0.436 e. The van der Waals surface area contributed by atoms with Crippen molar-refractivity contribution in [3.05, 3.63) is 29.3 Å². The molecule has 0 bridgehead atoms. The Balaban J connectivity index is 2.29. The van der Waals surface area contributed by atoms with Crippen LogP contribution in [0.2, 0.25) is 5.02 Å². The molecule has 0 aliphatic rings. The van der Waals surface area contributed by atoms with E-state index >= 15 is 0 Å². The molecule has 0 aromatic heterocycles. The predicted octanol–water partition coefficient (Wildman–Crippen LogP) is 1.87. The molecule has 0 aliphatic heterocycles. The normalized spacial score (nSPS) is 10.3. The van der Waals surface area contributed by atoms with E-state index in [-0.39, 0.29) is 13.2 Å². The first kappa shape index (κ1) is 16.3. The summed E-state index contributed by atoms with van der Waals surface area (Å²) in [4.78, 5) is 11.3. The van der Waals surface area contributed by atoms with Crippen LogP contribution in [-0.2, 0) is 19.0 Å². The number of hydrogen-bond acceptors (Lipinski definition) is 5. The molecule has 108 valence electrons. The molecule has 0 heterocycles. The van der Waals surface area contributed by atoms with E-state index in [1.165, 1.54) is 0 Å². The predicted molar refractivity (Wildman–Crippen MR) is 75.0 cm³/mol. The minimum Gasteiger partial charge on any atom is -0.436 e. The van der Waals surface area contributed by atoms with Crippen molar-refractivity contribution in [1.29, 1.82) is 0 Å². The highest BCUT2D eigenvalue weighted by Crippen LogP contribution is 2.14. The fourth-order valence-electron chi connectivity index (χ4n) is 1.06. The molecule has 0 atom stereocenters. The lowest BCUT2D eigenvalue weighted by atomic mass is 10.3. The molecule has 1 rings (SSSR count). The van der Waals surface area contributed by atoms with Crippen LogP contribution in [0.3, 0.4) is 0 Å². The van der Waals surface area contributed by atoms with Crippen LogP contribution in [0.4, 0.5) is 10.5 Å². The van der Waals surface area contributed by atoms with E-state index in [0.717, 1.165) is 6.26 Å². The summed E-state index contributed by atoms with van der Waals surface area (Å²) >= 11 is 5.75. The van der Waals surface area contributed by atoms with Gasteiger partial charge in [-0.1, -0.05) is 29.5 Å². The summed E-state index contributed by atoms with van der Waals surface area (Å²) in [6.45, 7) is -0.461. The van der Waals surface area contributed by atoms with Crippen LogP contribution in [0.1, 0.15) is 0 Å². The second kappa shape index (κ2) is 7.75. The number of benzene rings is 1. The molecule has 0 aliphatic carbocycles. The number of anilines is 1. The number of carbonyl (C=O) groups is 1. The molecular formula is C12H12ClNO5S. The minimum absolute atomic E-state index is 0.181. The second-order valence-corrected chi connectivity index (χ2v) is 5.61. The van der Waals surface area contributed by atoms with E-state index in [1.807, 2.05) is 0 Å². The highest BCUT2D eigenvalue weighted by molar-refractivity contribution is 7.86. The molecular weight excluding hydrogens is 306 g/mol. The highest BCUT2D eigenvalue weighted by Gasteiger charge is 2.02. The Morgan fingerprint density at radius 3 is 2.70 bits per heavy atom. The average Bonchev–Trinajstić information content (AvgIpc) is 2.32. The van der Waals surface area contributed by atoms with E-state index in [0.29, 0.717) is 10.7 Å². The minimum atomic E-state index is -3.51. The van der Waals surface area contributed by atoms with Gasteiger partial charge in [0.25, 0.3) is 10.1 Å². The van der Waals surface area contributed by atoms with Crippen molar-refractivity contribution < 1.29 is 22.1 Å². The van der Waals surface area contributed by atoms with Crippen LogP contribution in [0.15, 0.2) is 24.3 Å². The zero-order valence-corrected chi connectivity index (χ0v) is 12.1. The van der Waals surface area contributed by atoms with E-state index in [2.05, 4.69) is 21.3 Å². The van der Waals surface area contributed by atoms with Crippen LogP contribution in [0.5, 0.6) is 0 Å². The van der Waals surface area contributed by atoms with Gasteiger partial charge in [-0.15, -0.1) is 0 Å². The van der Waals surface area contributed by atoms with Gasteiger partial charge in [0.05, 0.1) is 6.26 Å². The highest BCUT2D eigenvalue weighted by atomic mass is 35.5. The molecule has 0 radical (unpaired) electrons. The summed E-state index contributed by atoms with van der Waals surface area (Å²) in [6, 6.07) is 6.57. The van der Waals surface area contributed by atoms with Gasteiger partial charge in [0.2, 0.25) is 0 Å². The van der Waals surface area contributed by atoms with E-state index < -0.39 is 16.2 Å². The fourth-order valence-corrected chi connectivity index (χ4v) is 1.52. The molecule has 1 N–H and O–H groups in total. The van der Waals surface area contributed by atoms with Gasteiger partial charge in [0.1, 0.15) is 6.61 Å². The monoisotopic (exact) mass is 317 g/mol. The maximum atomic E-state index is 11.3. The number of nitrogens with one attached hydrogen (secondary N) is 1. The van der Waals surface area contributed by atoms with Gasteiger partial charge in [0.15, 0.2) is 6.61 Å². The molecule has 20 heavy (non-hydrogen) atoms. The Bertz CT molecular complexity index is 633. The van der Waals surface area contributed by atoms with Crippen molar-refractivity contribution in [2.24, 2.45) is 0 Å². The van der Waals surface area contributed by atoms with Crippen molar-refractivity contribution in [1.82, 2.24) is 0 Å². The fraction of sp³-hybridized carbons (Fsp3) is 0.250. The van der Waals surface area contributed by atoms with Gasteiger partial charge in [-0.05, 0) is 18.2 Å². The zero-order chi connectivity index (χ0) is 15.0. The van der Waals surface area contributed by atoms with E-state index in [4.69, 9.17) is 16.3 Å². The molecule has 8 heteroatoms. The van der Waals surface area contributed by atoms with Gasteiger partial charge < -0.3 is 4.74 Å². The standard InChI is InChI=1S/C12H12ClNO5S/c1-20(16,17)19-8-3-2-7-18-12(15)14-11-6-4-5-10(13)9-11/h4-6,9H,7-8H2,1H3,(H,14,15). The Labute approximate surface area is 122 Å². The Kier molecular flexibility index (Phi) is 6.31. The smallest absolute Gasteiger partial charge is 0.412 e. The summed E-state index contributed by atoms with van der Waals surface area (Å²) in [5.74, 6) is 4.83. The maximum Gasteiger partial charge on any atom is 0.412 e. The lowest BCUT2D eigenvalue weighted by Gasteiger charge is -2.04. The van der Waals surface area contributed by atoms with Gasteiger partial charge >= 0.3 is 6.09 Å². The van der Waals surface area contributed by atoms with Crippen molar-refractivity contribution in [3.8, 4) is 11.8 Å². The molecule has 6 nitrogen and oxygen atoms in total. The Hall–Kier alpha value is -1.75. The molecule has 1 amide bonds. The summed E-state index contributed by atoms with van der Waals surface area (Å²) < 4.78 is 30.3. The third-order valence-corrected chi connectivity index (χ3v) is 2.60. The summed E-state index contributed by atoms with van der Waals surface area (Å²) in [7, 11) is -3.51. The van der Waals surface area contributed by atoms with Crippen LogP contribution >= 0.6 is 11.6 Å². The van der Waals surface area contributed by atoms with Crippen molar-refractivity contribution in [3.63, 3.8) is 0 Å². The molecule has 0 fully saturated rings. The number of halogens is 1. The van der Waals surface area contributed by atoms with E-state index in [9.17, 15) is 13.2 Å². The topological polar surface area (TPSA) is 81.7 Å². The molecule has 0 saturated carbocycles. The summed E-state index contributed by atoms with van der Waals surface area (Å²) in [5.41, 5.74) is 0.496. The molecule has 1 aromatic rings. The summed E-state index contributed by atoms with van der Waals surface area (Å²) in [6.07, 6.45) is 0.231. The third kappa shape index (κ3) is 7.63. The first-order valence-corrected chi connectivity index (χ1v) is 7.56. The average molecular weight is 318 g/mol.